The Labute approximate surface area is 163 Å². The summed E-state index contributed by atoms with van der Waals surface area (Å²) >= 11 is 0. The number of benzene rings is 1. The first kappa shape index (κ1) is 19.9. The molecule has 0 spiro atoms. The van der Waals surface area contributed by atoms with Gasteiger partial charge in [-0.05, 0) is 44.0 Å². The van der Waals surface area contributed by atoms with E-state index in [-0.39, 0.29) is 36.6 Å². The van der Waals surface area contributed by atoms with Gasteiger partial charge in [0.2, 0.25) is 17.7 Å². The minimum absolute atomic E-state index is 0.0371. The maximum absolute atomic E-state index is 12.4. The first-order valence-corrected chi connectivity index (χ1v) is 9.68. The molecule has 0 radical (unpaired) electrons. The third-order valence-electron chi connectivity index (χ3n) is 5.24. The predicted molar refractivity (Wildman–Crippen MR) is 100 cm³/mol. The van der Waals surface area contributed by atoms with Crippen molar-refractivity contribution in [1.82, 2.24) is 15.8 Å². The average molecular weight is 387 g/mol. The van der Waals surface area contributed by atoms with E-state index < -0.39 is 11.8 Å². The number of likely N-dealkylation sites (tertiary alicyclic amines) is 1. The smallest absolute Gasteiger partial charge is 0.269 e. The number of fused-ring (bicyclic) bond motifs is 1. The van der Waals surface area contributed by atoms with E-state index in [9.17, 15) is 19.2 Å². The van der Waals surface area contributed by atoms with E-state index in [2.05, 4.69) is 10.9 Å². The van der Waals surface area contributed by atoms with Gasteiger partial charge in [-0.3, -0.25) is 34.9 Å². The summed E-state index contributed by atoms with van der Waals surface area (Å²) in [6.45, 7) is 2.44. The second-order valence-electron chi connectivity index (χ2n) is 7.04. The van der Waals surface area contributed by atoms with Crippen LogP contribution >= 0.6 is 0 Å². The van der Waals surface area contributed by atoms with Crippen molar-refractivity contribution in [2.75, 3.05) is 13.2 Å². The molecule has 1 aliphatic heterocycles. The van der Waals surface area contributed by atoms with Crippen molar-refractivity contribution in [2.45, 2.75) is 39.0 Å². The minimum atomic E-state index is -0.463. The van der Waals surface area contributed by atoms with E-state index in [1.54, 1.807) is 24.3 Å². The SMILES string of the molecule is CCOc1ccc(C(=O)NNC(=O)CCN2C(=O)C3CCCCC3C2=O)cc1. The maximum atomic E-state index is 12.4. The van der Waals surface area contributed by atoms with Crippen LogP contribution in [0.5, 0.6) is 5.75 Å². The lowest BCUT2D eigenvalue weighted by molar-refractivity contribution is -0.140. The topological polar surface area (TPSA) is 105 Å². The number of hydrazine groups is 1. The van der Waals surface area contributed by atoms with Gasteiger partial charge in [0.25, 0.3) is 5.91 Å². The van der Waals surface area contributed by atoms with Crippen molar-refractivity contribution < 1.29 is 23.9 Å². The van der Waals surface area contributed by atoms with Crippen LogP contribution in [0.2, 0.25) is 0 Å². The molecule has 2 aliphatic rings. The summed E-state index contributed by atoms with van der Waals surface area (Å²) in [6, 6.07) is 6.53. The zero-order chi connectivity index (χ0) is 20.1. The number of hydrogen-bond donors (Lipinski definition) is 2. The molecule has 8 heteroatoms. The van der Waals surface area contributed by atoms with Crippen molar-refractivity contribution in [2.24, 2.45) is 11.8 Å². The minimum Gasteiger partial charge on any atom is -0.494 e. The van der Waals surface area contributed by atoms with Gasteiger partial charge in [0.15, 0.2) is 0 Å². The van der Waals surface area contributed by atoms with E-state index >= 15 is 0 Å². The summed E-state index contributed by atoms with van der Waals surface area (Å²) in [5, 5.41) is 0. The molecule has 1 aromatic rings. The highest BCUT2D eigenvalue weighted by atomic mass is 16.5. The number of imide groups is 1. The molecular formula is C20H25N3O5. The van der Waals surface area contributed by atoms with Gasteiger partial charge in [0, 0.05) is 18.5 Å². The molecule has 3 rings (SSSR count). The van der Waals surface area contributed by atoms with Crippen molar-refractivity contribution in [3.8, 4) is 5.75 Å². The van der Waals surface area contributed by atoms with Crippen LogP contribution in [0.15, 0.2) is 24.3 Å². The van der Waals surface area contributed by atoms with E-state index in [4.69, 9.17) is 4.74 Å². The Morgan fingerprint density at radius 2 is 1.64 bits per heavy atom. The molecule has 2 unspecified atom stereocenters. The van der Waals surface area contributed by atoms with E-state index in [0.717, 1.165) is 25.7 Å². The van der Waals surface area contributed by atoms with E-state index in [1.165, 1.54) is 4.90 Å². The summed E-state index contributed by atoms with van der Waals surface area (Å²) in [5.41, 5.74) is 5.02. The number of nitrogens with one attached hydrogen (secondary N) is 2. The first-order valence-electron chi connectivity index (χ1n) is 9.68. The third kappa shape index (κ3) is 4.32. The molecule has 28 heavy (non-hydrogen) atoms. The molecular weight excluding hydrogens is 362 g/mol. The van der Waals surface area contributed by atoms with Gasteiger partial charge in [-0.2, -0.15) is 0 Å². The van der Waals surface area contributed by atoms with Gasteiger partial charge < -0.3 is 4.74 Å². The Morgan fingerprint density at radius 1 is 1.04 bits per heavy atom. The molecule has 1 aromatic carbocycles. The van der Waals surface area contributed by atoms with Gasteiger partial charge in [-0.1, -0.05) is 12.8 Å². The molecule has 8 nitrogen and oxygen atoms in total. The number of nitrogens with zero attached hydrogens (tertiary/aromatic N) is 1. The summed E-state index contributed by atoms with van der Waals surface area (Å²) in [6.07, 6.45) is 3.37. The molecule has 0 bridgehead atoms. The molecule has 2 N–H and O–H groups in total. The van der Waals surface area contributed by atoms with Crippen LogP contribution in [0, 0.1) is 11.8 Å². The monoisotopic (exact) mass is 387 g/mol. The number of rotatable bonds is 6. The highest BCUT2D eigenvalue weighted by Crippen LogP contribution is 2.37. The lowest BCUT2D eigenvalue weighted by Crippen LogP contribution is -2.43. The fourth-order valence-corrected chi connectivity index (χ4v) is 3.80. The third-order valence-corrected chi connectivity index (χ3v) is 5.24. The van der Waals surface area contributed by atoms with Crippen molar-refractivity contribution in [3.05, 3.63) is 29.8 Å². The summed E-state index contributed by atoms with van der Waals surface area (Å²) in [7, 11) is 0. The highest BCUT2D eigenvalue weighted by Gasteiger charge is 2.47. The largest absolute Gasteiger partial charge is 0.494 e. The highest BCUT2D eigenvalue weighted by molar-refractivity contribution is 6.05. The van der Waals surface area contributed by atoms with Gasteiger partial charge >= 0.3 is 0 Å². The molecule has 2 fully saturated rings. The number of carbonyl (C=O) groups is 4. The zero-order valence-corrected chi connectivity index (χ0v) is 15.9. The molecule has 0 aromatic heterocycles. The van der Waals surface area contributed by atoms with Gasteiger partial charge in [0.05, 0.1) is 18.4 Å². The predicted octanol–water partition coefficient (Wildman–Crippen LogP) is 1.41. The van der Waals surface area contributed by atoms with E-state index in [0.29, 0.717) is 17.9 Å². The lowest BCUT2D eigenvalue weighted by atomic mass is 9.81. The molecule has 4 amide bonds. The summed E-state index contributed by atoms with van der Waals surface area (Å²) in [4.78, 5) is 50.0. The molecule has 1 heterocycles. The lowest BCUT2D eigenvalue weighted by Gasteiger charge is -2.19. The Morgan fingerprint density at radius 3 is 2.21 bits per heavy atom. The van der Waals surface area contributed by atoms with Gasteiger partial charge in [-0.25, -0.2) is 0 Å². The molecule has 1 saturated heterocycles. The normalized spacial score (nSPS) is 21.2. The van der Waals surface area contributed by atoms with Crippen LogP contribution < -0.4 is 15.6 Å². The van der Waals surface area contributed by atoms with Gasteiger partial charge in [0.1, 0.15) is 5.75 Å². The quantitative estimate of drug-likeness (QED) is 0.567. The second kappa shape index (κ2) is 8.86. The van der Waals surface area contributed by atoms with E-state index in [1.807, 2.05) is 6.92 Å². The molecule has 150 valence electrons. The van der Waals surface area contributed by atoms with Crippen molar-refractivity contribution >= 4 is 23.6 Å². The standard InChI is InChI=1S/C20H25N3O5/c1-2-28-14-9-7-13(8-10-14)18(25)22-21-17(24)11-12-23-19(26)15-5-3-4-6-16(15)20(23)27/h7-10,15-16H,2-6,11-12H2,1H3,(H,21,24)(H,22,25). The van der Waals surface area contributed by atoms with Gasteiger partial charge in [-0.15, -0.1) is 0 Å². The van der Waals surface area contributed by atoms with Crippen molar-refractivity contribution in [1.29, 1.82) is 0 Å². The number of hydrogen-bond acceptors (Lipinski definition) is 5. The van der Waals surface area contributed by atoms with Crippen molar-refractivity contribution in [3.63, 3.8) is 0 Å². The molecule has 2 atom stereocenters. The number of ether oxygens (including phenoxy) is 1. The Kier molecular flexibility index (Phi) is 6.28. The zero-order valence-electron chi connectivity index (χ0n) is 15.9. The van der Waals surface area contributed by atoms with Crippen LogP contribution in [-0.2, 0) is 14.4 Å². The number of amides is 4. The molecule has 1 saturated carbocycles. The van der Waals surface area contributed by atoms with Crippen LogP contribution in [0.3, 0.4) is 0 Å². The number of carbonyl (C=O) groups excluding carboxylic acids is 4. The van der Waals surface area contributed by atoms with Crippen LogP contribution in [0.25, 0.3) is 0 Å². The fraction of sp³-hybridized carbons (Fsp3) is 0.500. The fourth-order valence-electron chi connectivity index (χ4n) is 3.80. The molecule has 1 aliphatic carbocycles. The Balaban J connectivity index is 1.45. The summed E-state index contributed by atoms with van der Waals surface area (Å²) < 4.78 is 5.31. The van der Waals surface area contributed by atoms with Crippen LogP contribution in [0.4, 0.5) is 0 Å². The summed E-state index contributed by atoms with van der Waals surface area (Å²) in [5.74, 6) is -1.04. The Hall–Kier alpha value is -2.90. The second-order valence-corrected chi connectivity index (χ2v) is 7.04. The maximum Gasteiger partial charge on any atom is 0.269 e. The first-order chi connectivity index (χ1) is 13.5. The van der Waals surface area contributed by atoms with Crippen LogP contribution in [-0.4, -0.2) is 41.7 Å². The average Bonchev–Trinajstić information content (AvgIpc) is 2.96. The Bertz CT molecular complexity index is 738. The van der Waals surface area contributed by atoms with Crippen LogP contribution in [0.1, 0.15) is 49.4 Å².